The summed E-state index contributed by atoms with van der Waals surface area (Å²) in [6.07, 6.45) is 3.18. The van der Waals surface area contributed by atoms with E-state index in [1.807, 2.05) is 0 Å². The second-order valence-corrected chi connectivity index (χ2v) is 2.77. The van der Waals surface area contributed by atoms with Crippen molar-refractivity contribution in [3.63, 3.8) is 0 Å². The molecule has 0 saturated carbocycles. The van der Waals surface area contributed by atoms with E-state index in [9.17, 15) is 4.57 Å². The van der Waals surface area contributed by atoms with E-state index >= 15 is 0 Å². The van der Waals surface area contributed by atoms with Crippen LogP contribution in [0.15, 0.2) is 25.3 Å². The van der Waals surface area contributed by atoms with E-state index in [1.165, 1.54) is 0 Å². The quantitative estimate of drug-likeness (QED) is 0.472. The molecule has 0 aromatic carbocycles. The molecular formula is C6H12NO2P. The lowest BCUT2D eigenvalue weighted by molar-refractivity contribution is 0.364. The van der Waals surface area contributed by atoms with Crippen LogP contribution >= 0.6 is 8.18 Å². The van der Waals surface area contributed by atoms with Crippen LogP contribution < -0.4 is 5.09 Å². The minimum atomic E-state index is -2.06. The smallest absolute Gasteiger partial charge is 0.258 e. The summed E-state index contributed by atoms with van der Waals surface area (Å²) < 4.78 is 15.5. The highest BCUT2D eigenvalue weighted by Crippen LogP contribution is 2.14. The van der Waals surface area contributed by atoms with Gasteiger partial charge in [-0.1, -0.05) is 12.2 Å². The lowest BCUT2D eigenvalue weighted by Crippen LogP contribution is -2.03. The second-order valence-electron chi connectivity index (χ2n) is 1.56. The Hall–Kier alpha value is -0.370. The SMILES string of the molecule is C=CCN[PH](=O)OCC=C. The van der Waals surface area contributed by atoms with Gasteiger partial charge in [-0.3, -0.25) is 4.57 Å². The third-order valence-corrected chi connectivity index (χ3v) is 1.64. The van der Waals surface area contributed by atoms with E-state index in [0.717, 1.165) is 0 Å². The highest BCUT2D eigenvalue weighted by atomic mass is 31.1. The van der Waals surface area contributed by atoms with Crippen molar-refractivity contribution in [3.8, 4) is 0 Å². The van der Waals surface area contributed by atoms with Gasteiger partial charge in [0, 0.05) is 6.54 Å². The molecule has 1 N–H and O–H groups in total. The summed E-state index contributed by atoms with van der Waals surface area (Å²) in [5.74, 6) is 0. The Bertz CT molecular complexity index is 122. The zero-order valence-electron chi connectivity index (χ0n) is 5.80. The van der Waals surface area contributed by atoms with Crippen LogP contribution in [0.4, 0.5) is 0 Å². The standard InChI is InChI=1S/C6H12NO2P/c1-3-5-7-10(8)9-6-4-2/h3-4,10H,1-2,5-6H2,(H,7,8). The molecular weight excluding hydrogens is 149 g/mol. The Labute approximate surface area is 61.7 Å². The molecule has 0 aromatic heterocycles. The number of rotatable bonds is 6. The van der Waals surface area contributed by atoms with Gasteiger partial charge in [0.1, 0.15) is 0 Å². The zero-order valence-corrected chi connectivity index (χ0v) is 6.80. The second kappa shape index (κ2) is 6.75. The summed E-state index contributed by atoms with van der Waals surface area (Å²) in [6.45, 7) is 7.70. The topological polar surface area (TPSA) is 38.3 Å². The van der Waals surface area contributed by atoms with E-state index in [2.05, 4.69) is 18.2 Å². The fourth-order valence-electron chi connectivity index (χ4n) is 0.341. The summed E-state index contributed by atoms with van der Waals surface area (Å²) in [5, 5.41) is 2.63. The molecule has 58 valence electrons. The van der Waals surface area contributed by atoms with Crippen molar-refractivity contribution < 1.29 is 9.09 Å². The maximum Gasteiger partial charge on any atom is 0.258 e. The molecule has 1 atom stereocenters. The predicted octanol–water partition coefficient (Wildman–Crippen LogP) is 1.35. The van der Waals surface area contributed by atoms with Crippen LogP contribution in [0.25, 0.3) is 0 Å². The van der Waals surface area contributed by atoms with Crippen LogP contribution in [0.5, 0.6) is 0 Å². The van der Waals surface area contributed by atoms with Gasteiger partial charge in [0.05, 0.1) is 6.61 Å². The molecule has 0 saturated heterocycles. The van der Waals surface area contributed by atoms with Gasteiger partial charge in [0.2, 0.25) is 0 Å². The van der Waals surface area contributed by atoms with Crippen LogP contribution in [0, 0.1) is 0 Å². The van der Waals surface area contributed by atoms with Crippen molar-refractivity contribution in [2.75, 3.05) is 13.2 Å². The molecule has 0 rings (SSSR count). The van der Waals surface area contributed by atoms with Crippen LogP contribution in [0.3, 0.4) is 0 Å². The minimum Gasteiger partial charge on any atom is -0.315 e. The normalized spacial score (nSPS) is 12.4. The maximum atomic E-state index is 10.7. The Morgan fingerprint density at radius 2 is 2.20 bits per heavy atom. The van der Waals surface area contributed by atoms with Gasteiger partial charge in [-0.05, 0) is 0 Å². The molecule has 3 nitrogen and oxygen atoms in total. The molecule has 0 amide bonds. The van der Waals surface area contributed by atoms with Crippen molar-refractivity contribution in [2.45, 2.75) is 0 Å². The van der Waals surface area contributed by atoms with Crippen molar-refractivity contribution in [3.05, 3.63) is 25.3 Å². The first-order valence-electron chi connectivity index (χ1n) is 2.93. The molecule has 0 aromatic rings. The number of hydrogen-bond donors (Lipinski definition) is 1. The van der Waals surface area contributed by atoms with Crippen molar-refractivity contribution in [1.82, 2.24) is 5.09 Å². The lowest BCUT2D eigenvalue weighted by atomic mass is 10.7. The summed E-state index contributed by atoms with van der Waals surface area (Å²) in [4.78, 5) is 0. The molecule has 0 aliphatic heterocycles. The van der Waals surface area contributed by atoms with Gasteiger partial charge >= 0.3 is 0 Å². The average molecular weight is 161 g/mol. The molecule has 0 radical (unpaired) electrons. The van der Waals surface area contributed by atoms with Gasteiger partial charge in [0.25, 0.3) is 8.18 Å². The van der Waals surface area contributed by atoms with E-state index < -0.39 is 8.18 Å². The first kappa shape index (κ1) is 9.63. The minimum absolute atomic E-state index is 0.321. The molecule has 1 unspecified atom stereocenters. The highest BCUT2D eigenvalue weighted by Gasteiger charge is 1.91. The molecule has 0 bridgehead atoms. The lowest BCUT2D eigenvalue weighted by Gasteiger charge is -1.99. The summed E-state index contributed by atoms with van der Waals surface area (Å²) in [7, 11) is -2.06. The van der Waals surface area contributed by atoms with E-state index in [1.54, 1.807) is 12.2 Å². The Balaban J connectivity index is 3.24. The third kappa shape index (κ3) is 5.76. The van der Waals surface area contributed by atoms with Gasteiger partial charge in [-0.2, -0.15) is 0 Å². The van der Waals surface area contributed by atoms with Crippen molar-refractivity contribution in [2.24, 2.45) is 0 Å². The Morgan fingerprint density at radius 3 is 2.70 bits per heavy atom. The van der Waals surface area contributed by atoms with Crippen molar-refractivity contribution >= 4 is 8.18 Å². The highest BCUT2D eigenvalue weighted by molar-refractivity contribution is 7.36. The third-order valence-electron chi connectivity index (χ3n) is 0.723. The first-order chi connectivity index (χ1) is 4.81. The van der Waals surface area contributed by atoms with Gasteiger partial charge in [-0.15, -0.1) is 13.2 Å². The van der Waals surface area contributed by atoms with Crippen LogP contribution in [0.1, 0.15) is 0 Å². The predicted molar refractivity (Wildman–Crippen MR) is 43.4 cm³/mol. The van der Waals surface area contributed by atoms with Crippen LogP contribution in [-0.2, 0) is 9.09 Å². The number of nitrogens with one attached hydrogen (secondary N) is 1. The Kier molecular flexibility index (Phi) is 6.50. The average Bonchev–Trinajstić information content (AvgIpc) is 1.97. The zero-order chi connectivity index (χ0) is 7.82. The fraction of sp³-hybridized carbons (Fsp3) is 0.333. The molecule has 10 heavy (non-hydrogen) atoms. The molecule has 0 aliphatic rings. The monoisotopic (exact) mass is 161 g/mol. The Morgan fingerprint density at radius 1 is 1.50 bits per heavy atom. The van der Waals surface area contributed by atoms with Gasteiger partial charge in [-0.25, -0.2) is 5.09 Å². The van der Waals surface area contributed by atoms with Crippen LogP contribution in [-0.4, -0.2) is 13.2 Å². The molecule has 4 heteroatoms. The maximum absolute atomic E-state index is 10.7. The van der Waals surface area contributed by atoms with Gasteiger partial charge in [0.15, 0.2) is 0 Å². The molecule has 0 aliphatic carbocycles. The van der Waals surface area contributed by atoms with Crippen LogP contribution in [0.2, 0.25) is 0 Å². The summed E-state index contributed by atoms with van der Waals surface area (Å²) >= 11 is 0. The van der Waals surface area contributed by atoms with Gasteiger partial charge < -0.3 is 4.52 Å². The molecule has 0 spiro atoms. The van der Waals surface area contributed by atoms with E-state index in [0.29, 0.717) is 13.2 Å². The van der Waals surface area contributed by atoms with E-state index in [4.69, 9.17) is 4.52 Å². The number of hydrogen-bond acceptors (Lipinski definition) is 2. The van der Waals surface area contributed by atoms with Crippen molar-refractivity contribution in [1.29, 1.82) is 0 Å². The first-order valence-corrected chi connectivity index (χ1v) is 4.25. The molecule has 0 heterocycles. The fourth-order valence-corrected chi connectivity index (χ4v) is 1.02. The molecule has 0 fully saturated rings. The summed E-state index contributed by atoms with van der Waals surface area (Å²) in [5.41, 5.74) is 0. The summed E-state index contributed by atoms with van der Waals surface area (Å²) in [6, 6.07) is 0. The van der Waals surface area contributed by atoms with E-state index in [-0.39, 0.29) is 0 Å². The largest absolute Gasteiger partial charge is 0.315 e.